The van der Waals surface area contributed by atoms with Crippen LogP contribution < -0.4 is 10.6 Å². The molecule has 2 amide bonds. The first kappa shape index (κ1) is 19.1. The molecule has 1 aliphatic rings. The largest absolute Gasteiger partial charge is 0.341 e. The third-order valence-electron chi connectivity index (χ3n) is 5.05. The molecule has 1 heterocycles. The van der Waals surface area contributed by atoms with Gasteiger partial charge in [0.2, 0.25) is 5.91 Å². The summed E-state index contributed by atoms with van der Waals surface area (Å²) in [5, 5.41) is 6.20. The van der Waals surface area contributed by atoms with E-state index >= 15 is 0 Å². The van der Waals surface area contributed by atoms with Crippen LogP contribution >= 0.6 is 0 Å². The fourth-order valence-electron chi connectivity index (χ4n) is 3.42. The molecule has 5 nitrogen and oxygen atoms in total. The Morgan fingerprint density at radius 2 is 1.85 bits per heavy atom. The molecule has 0 bridgehead atoms. The molecule has 0 spiro atoms. The highest BCUT2D eigenvalue weighted by Crippen LogP contribution is 2.23. The molecule has 1 saturated heterocycles. The number of aryl methyl sites for hydroxylation is 1. The average Bonchev–Trinajstić information content (AvgIpc) is 2.73. The zero-order chi connectivity index (χ0) is 19.2. The molecule has 0 saturated carbocycles. The Balaban J connectivity index is 1.71. The van der Waals surface area contributed by atoms with E-state index in [1.807, 2.05) is 23.1 Å². The van der Waals surface area contributed by atoms with Crippen molar-refractivity contribution in [3.05, 3.63) is 71.3 Å². The maximum atomic E-state index is 13.1. The Bertz CT molecular complexity index is 774. The molecule has 2 aromatic rings. The summed E-state index contributed by atoms with van der Waals surface area (Å²) >= 11 is 0. The summed E-state index contributed by atoms with van der Waals surface area (Å²) < 4.78 is 0. The van der Waals surface area contributed by atoms with Crippen LogP contribution in [-0.2, 0) is 11.2 Å². The molecular weight excluding hydrogens is 338 g/mol. The predicted molar refractivity (Wildman–Crippen MR) is 107 cm³/mol. The van der Waals surface area contributed by atoms with Gasteiger partial charge in [0.05, 0.1) is 6.04 Å². The van der Waals surface area contributed by atoms with Gasteiger partial charge in [0.1, 0.15) is 6.04 Å². The molecule has 2 N–H and O–H groups in total. The number of hydrogen-bond acceptors (Lipinski definition) is 3. The van der Waals surface area contributed by atoms with Crippen LogP contribution in [0.15, 0.2) is 54.6 Å². The van der Waals surface area contributed by atoms with E-state index in [1.165, 1.54) is 5.56 Å². The molecule has 5 heteroatoms. The smallest absolute Gasteiger partial charge is 0.251 e. The summed E-state index contributed by atoms with van der Waals surface area (Å²) in [5.74, 6) is -0.277. The molecule has 2 aromatic carbocycles. The van der Waals surface area contributed by atoms with Crippen molar-refractivity contribution < 1.29 is 9.59 Å². The van der Waals surface area contributed by atoms with Crippen LogP contribution in [0.25, 0.3) is 0 Å². The number of amides is 2. The van der Waals surface area contributed by atoms with E-state index in [4.69, 9.17) is 0 Å². The molecule has 0 radical (unpaired) electrons. The van der Waals surface area contributed by atoms with Crippen molar-refractivity contribution in [3.63, 3.8) is 0 Å². The van der Waals surface area contributed by atoms with Gasteiger partial charge in [-0.15, -0.1) is 0 Å². The van der Waals surface area contributed by atoms with Crippen LogP contribution in [0.2, 0.25) is 0 Å². The molecule has 2 unspecified atom stereocenters. The van der Waals surface area contributed by atoms with Gasteiger partial charge in [-0.2, -0.15) is 0 Å². The second-order valence-electron chi connectivity index (χ2n) is 6.91. The van der Waals surface area contributed by atoms with E-state index < -0.39 is 6.04 Å². The van der Waals surface area contributed by atoms with E-state index in [0.29, 0.717) is 12.1 Å². The second-order valence-corrected chi connectivity index (χ2v) is 6.91. The van der Waals surface area contributed by atoms with Crippen LogP contribution in [0.5, 0.6) is 0 Å². The number of nitrogens with zero attached hydrogens (tertiary/aromatic N) is 1. The molecule has 0 aliphatic carbocycles. The predicted octanol–water partition coefficient (Wildman–Crippen LogP) is 2.54. The third kappa shape index (κ3) is 4.55. The van der Waals surface area contributed by atoms with Gasteiger partial charge in [-0.1, -0.05) is 49.4 Å². The normalized spacial score (nSPS) is 18.0. The van der Waals surface area contributed by atoms with Crippen molar-refractivity contribution in [2.45, 2.75) is 32.4 Å². The highest BCUT2D eigenvalue weighted by Gasteiger charge is 2.31. The number of carbonyl (C=O) groups is 2. The second kappa shape index (κ2) is 8.82. The van der Waals surface area contributed by atoms with Gasteiger partial charge in [-0.05, 0) is 36.6 Å². The maximum absolute atomic E-state index is 13.1. The van der Waals surface area contributed by atoms with Crippen LogP contribution in [0, 0.1) is 0 Å². The molecule has 142 valence electrons. The Morgan fingerprint density at radius 3 is 2.52 bits per heavy atom. The van der Waals surface area contributed by atoms with E-state index in [0.717, 1.165) is 25.1 Å². The lowest BCUT2D eigenvalue weighted by Crippen LogP contribution is -2.54. The number of piperazine rings is 1. The molecular formula is C22H27N3O2. The zero-order valence-electron chi connectivity index (χ0n) is 15.9. The Hall–Kier alpha value is -2.66. The zero-order valence-corrected chi connectivity index (χ0v) is 15.9. The van der Waals surface area contributed by atoms with Crippen LogP contribution in [-0.4, -0.2) is 42.4 Å². The fraction of sp³-hybridized carbons (Fsp3) is 0.364. The summed E-state index contributed by atoms with van der Waals surface area (Å²) in [6.45, 7) is 5.99. The van der Waals surface area contributed by atoms with Crippen LogP contribution in [0.4, 0.5) is 0 Å². The van der Waals surface area contributed by atoms with E-state index in [2.05, 4.69) is 41.8 Å². The van der Waals surface area contributed by atoms with Crippen molar-refractivity contribution in [1.29, 1.82) is 0 Å². The Labute approximate surface area is 160 Å². The van der Waals surface area contributed by atoms with Gasteiger partial charge in [-0.25, -0.2) is 0 Å². The minimum Gasteiger partial charge on any atom is -0.341 e. The molecule has 1 fully saturated rings. The molecule has 2 atom stereocenters. The molecule has 0 aromatic heterocycles. The topological polar surface area (TPSA) is 61.4 Å². The summed E-state index contributed by atoms with van der Waals surface area (Å²) in [6, 6.07) is 16.8. The first-order chi connectivity index (χ1) is 13.1. The van der Waals surface area contributed by atoms with Crippen molar-refractivity contribution in [3.8, 4) is 0 Å². The minimum atomic E-state index is -0.576. The van der Waals surface area contributed by atoms with Gasteiger partial charge in [0.15, 0.2) is 0 Å². The van der Waals surface area contributed by atoms with Gasteiger partial charge in [0.25, 0.3) is 5.91 Å². The fourth-order valence-corrected chi connectivity index (χ4v) is 3.42. The number of benzene rings is 2. The van der Waals surface area contributed by atoms with Crippen molar-refractivity contribution >= 4 is 11.8 Å². The first-order valence-electron chi connectivity index (χ1n) is 9.56. The monoisotopic (exact) mass is 365 g/mol. The maximum Gasteiger partial charge on any atom is 0.251 e. The summed E-state index contributed by atoms with van der Waals surface area (Å²) in [6.07, 6.45) is 0.994. The standard InChI is InChI=1S/C22H27N3O2/c1-3-17-9-11-18(12-10-17)20-15-23-13-14-25(20)22(27)16(2)24-21(26)19-7-5-4-6-8-19/h4-12,16,20,23H,3,13-15H2,1-2H3,(H,24,26). The Morgan fingerprint density at radius 1 is 1.15 bits per heavy atom. The quantitative estimate of drug-likeness (QED) is 0.856. The number of hydrogen-bond donors (Lipinski definition) is 2. The van der Waals surface area contributed by atoms with Gasteiger partial charge >= 0.3 is 0 Å². The Kier molecular flexibility index (Phi) is 6.24. The lowest BCUT2D eigenvalue weighted by atomic mass is 10.00. The van der Waals surface area contributed by atoms with E-state index in [1.54, 1.807) is 19.1 Å². The van der Waals surface area contributed by atoms with Crippen molar-refractivity contribution in [2.24, 2.45) is 0 Å². The van der Waals surface area contributed by atoms with Gasteiger partial charge < -0.3 is 15.5 Å². The van der Waals surface area contributed by atoms with Crippen LogP contribution in [0.3, 0.4) is 0 Å². The minimum absolute atomic E-state index is 0.0202. The van der Waals surface area contributed by atoms with Gasteiger partial charge in [0, 0.05) is 25.2 Å². The number of nitrogens with one attached hydrogen (secondary N) is 2. The van der Waals surface area contributed by atoms with Crippen molar-refractivity contribution in [2.75, 3.05) is 19.6 Å². The number of rotatable bonds is 5. The first-order valence-corrected chi connectivity index (χ1v) is 9.56. The highest BCUT2D eigenvalue weighted by atomic mass is 16.2. The van der Waals surface area contributed by atoms with Crippen LogP contribution in [0.1, 0.15) is 41.4 Å². The third-order valence-corrected chi connectivity index (χ3v) is 5.05. The molecule has 27 heavy (non-hydrogen) atoms. The van der Waals surface area contributed by atoms with Gasteiger partial charge in [-0.3, -0.25) is 9.59 Å². The summed E-state index contributed by atoms with van der Waals surface area (Å²) in [5.41, 5.74) is 2.96. The lowest BCUT2D eigenvalue weighted by molar-refractivity contribution is -0.136. The highest BCUT2D eigenvalue weighted by molar-refractivity contribution is 5.97. The van der Waals surface area contributed by atoms with E-state index in [9.17, 15) is 9.59 Å². The molecule has 3 rings (SSSR count). The lowest BCUT2D eigenvalue weighted by Gasteiger charge is -2.38. The summed E-state index contributed by atoms with van der Waals surface area (Å²) in [4.78, 5) is 27.3. The van der Waals surface area contributed by atoms with E-state index in [-0.39, 0.29) is 17.9 Å². The SMILES string of the molecule is CCc1ccc(C2CNCCN2C(=O)C(C)NC(=O)c2ccccc2)cc1. The average molecular weight is 365 g/mol. The molecule has 1 aliphatic heterocycles. The summed E-state index contributed by atoms with van der Waals surface area (Å²) in [7, 11) is 0. The number of carbonyl (C=O) groups excluding carboxylic acids is 2. The van der Waals surface area contributed by atoms with Crippen molar-refractivity contribution in [1.82, 2.24) is 15.5 Å².